The van der Waals surface area contributed by atoms with Gasteiger partial charge in [0.05, 0.1) is 6.67 Å². The maximum absolute atomic E-state index is 12.1. The molecule has 0 radical (unpaired) electrons. The van der Waals surface area contributed by atoms with Crippen molar-refractivity contribution >= 4 is 29.1 Å². The van der Waals surface area contributed by atoms with E-state index in [1.165, 1.54) is 0 Å². The topological polar surface area (TPSA) is 20.3 Å². The molecule has 1 aromatic carbocycles. The van der Waals surface area contributed by atoms with Gasteiger partial charge >= 0.3 is 0 Å². The fourth-order valence-corrected chi connectivity index (χ4v) is 1.73. The van der Waals surface area contributed by atoms with Gasteiger partial charge in [0.1, 0.15) is 5.88 Å². The number of carbonyl (C=O) groups is 1. The Kier molecular flexibility index (Phi) is 6.30. The summed E-state index contributed by atoms with van der Waals surface area (Å²) in [6.07, 6.45) is 0.330. The van der Waals surface area contributed by atoms with E-state index in [9.17, 15) is 9.18 Å². The Labute approximate surface area is 110 Å². The number of alkyl halides is 2. The van der Waals surface area contributed by atoms with Crippen LogP contribution in [0.15, 0.2) is 24.3 Å². The Morgan fingerprint density at radius 1 is 1.29 bits per heavy atom. The van der Waals surface area contributed by atoms with Crippen LogP contribution in [-0.2, 0) is 11.3 Å². The SMILES string of the molecule is O=C(CCl)N(CCCF)Cc1ccc(Cl)cc1. The van der Waals surface area contributed by atoms with Crippen molar-refractivity contribution in [3.05, 3.63) is 34.9 Å². The number of nitrogens with zero attached hydrogens (tertiary/aromatic N) is 1. The largest absolute Gasteiger partial charge is 0.337 e. The highest BCUT2D eigenvalue weighted by atomic mass is 35.5. The Morgan fingerprint density at radius 3 is 2.47 bits per heavy atom. The number of hydrogen-bond acceptors (Lipinski definition) is 1. The van der Waals surface area contributed by atoms with E-state index >= 15 is 0 Å². The molecule has 5 heteroatoms. The van der Waals surface area contributed by atoms with Gasteiger partial charge in [0.2, 0.25) is 5.91 Å². The highest BCUT2D eigenvalue weighted by Crippen LogP contribution is 2.12. The molecule has 1 aromatic rings. The summed E-state index contributed by atoms with van der Waals surface area (Å²) in [5.41, 5.74) is 0.951. The average Bonchev–Trinajstić information content (AvgIpc) is 2.36. The van der Waals surface area contributed by atoms with Crippen molar-refractivity contribution in [1.29, 1.82) is 0 Å². The number of benzene rings is 1. The minimum atomic E-state index is -0.438. The number of halogens is 3. The van der Waals surface area contributed by atoms with Crippen LogP contribution in [0.3, 0.4) is 0 Å². The van der Waals surface area contributed by atoms with E-state index in [4.69, 9.17) is 23.2 Å². The Morgan fingerprint density at radius 2 is 1.94 bits per heavy atom. The highest BCUT2D eigenvalue weighted by molar-refractivity contribution is 6.30. The lowest BCUT2D eigenvalue weighted by Gasteiger charge is -2.21. The summed E-state index contributed by atoms with van der Waals surface area (Å²) in [7, 11) is 0. The molecular formula is C12H14Cl2FNO. The molecule has 0 heterocycles. The van der Waals surface area contributed by atoms with Crippen LogP contribution in [-0.4, -0.2) is 29.9 Å². The van der Waals surface area contributed by atoms with E-state index in [2.05, 4.69) is 0 Å². The molecule has 0 aliphatic carbocycles. The van der Waals surface area contributed by atoms with Crippen molar-refractivity contribution in [3.63, 3.8) is 0 Å². The summed E-state index contributed by atoms with van der Waals surface area (Å²) < 4.78 is 12.1. The standard InChI is InChI=1S/C12H14Cl2FNO/c13-8-12(17)16(7-1-6-15)9-10-2-4-11(14)5-3-10/h2-5H,1,6-9H2. The molecule has 0 unspecified atom stereocenters. The zero-order valence-corrected chi connectivity index (χ0v) is 10.8. The molecule has 0 bridgehead atoms. The molecular weight excluding hydrogens is 264 g/mol. The van der Waals surface area contributed by atoms with Crippen molar-refractivity contribution in [2.24, 2.45) is 0 Å². The molecule has 0 fully saturated rings. The van der Waals surface area contributed by atoms with Crippen LogP contribution in [0.1, 0.15) is 12.0 Å². The summed E-state index contributed by atoms with van der Waals surface area (Å²) in [5.74, 6) is -0.269. The molecule has 2 nitrogen and oxygen atoms in total. The first-order chi connectivity index (χ1) is 8.17. The second-order valence-corrected chi connectivity index (χ2v) is 4.32. The van der Waals surface area contributed by atoms with Crippen molar-refractivity contribution in [1.82, 2.24) is 4.90 Å². The lowest BCUT2D eigenvalue weighted by Crippen LogP contribution is -2.32. The van der Waals surface area contributed by atoms with Crippen LogP contribution in [0.2, 0.25) is 5.02 Å². The third-order valence-corrected chi connectivity index (χ3v) is 2.80. The quantitative estimate of drug-likeness (QED) is 0.731. The number of amides is 1. The second-order valence-electron chi connectivity index (χ2n) is 3.62. The first-order valence-electron chi connectivity index (χ1n) is 5.31. The fraction of sp³-hybridized carbons (Fsp3) is 0.417. The minimum absolute atomic E-state index is 0.0835. The molecule has 0 saturated heterocycles. The molecule has 94 valence electrons. The molecule has 0 saturated carbocycles. The van der Waals surface area contributed by atoms with Crippen molar-refractivity contribution < 1.29 is 9.18 Å². The third-order valence-electron chi connectivity index (χ3n) is 2.32. The number of rotatable bonds is 6. The molecule has 0 aromatic heterocycles. The van der Waals surface area contributed by atoms with E-state index in [1.807, 2.05) is 12.1 Å². The average molecular weight is 278 g/mol. The maximum Gasteiger partial charge on any atom is 0.237 e. The lowest BCUT2D eigenvalue weighted by atomic mass is 10.2. The van der Waals surface area contributed by atoms with Crippen LogP contribution in [0, 0.1) is 0 Å². The van der Waals surface area contributed by atoms with E-state index in [0.717, 1.165) is 5.56 Å². The first-order valence-corrected chi connectivity index (χ1v) is 6.22. The van der Waals surface area contributed by atoms with Gasteiger partial charge < -0.3 is 4.90 Å². The van der Waals surface area contributed by atoms with Crippen LogP contribution in [0.4, 0.5) is 4.39 Å². The van der Waals surface area contributed by atoms with Gasteiger partial charge in [-0.2, -0.15) is 0 Å². The third kappa shape index (κ3) is 4.92. The summed E-state index contributed by atoms with van der Waals surface area (Å²) in [6, 6.07) is 7.20. The summed E-state index contributed by atoms with van der Waals surface area (Å²) >= 11 is 11.3. The van der Waals surface area contributed by atoms with Crippen molar-refractivity contribution in [3.8, 4) is 0 Å². The smallest absolute Gasteiger partial charge is 0.237 e. The Bertz CT molecular complexity index is 356. The number of hydrogen-bond donors (Lipinski definition) is 0. The Balaban J connectivity index is 2.64. The van der Waals surface area contributed by atoms with Gasteiger partial charge in [0.25, 0.3) is 0 Å². The summed E-state index contributed by atoms with van der Waals surface area (Å²) in [5, 5.41) is 0.646. The maximum atomic E-state index is 12.1. The predicted molar refractivity (Wildman–Crippen MR) is 68.2 cm³/mol. The van der Waals surface area contributed by atoms with E-state index in [0.29, 0.717) is 24.5 Å². The molecule has 0 atom stereocenters. The zero-order valence-electron chi connectivity index (χ0n) is 9.33. The molecule has 0 aliphatic heterocycles. The lowest BCUT2D eigenvalue weighted by molar-refractivity contribution is -0.129. The normalized spacial score (nSPS) is 10.3. The van der Waals surface area contributed by atoms with Gasteiger partial charge in [-0.25, -0.2) is 0 Å². The predicted octanol–water partition coefficient (Wildman–Crippen LogP) is 3.27. The van der Waals surface area contributed by atoms with Gasteiger partial charge in [-0.05, 0) is 24.1 Å². The van der Waals surface area contributed by atoms with Gasteiger partial charge in [0.15, 0.2) is 0 Å². The van der Waals surface area contributed by atoms with E-state index in [-0.39, 0.29) is 11.8 Å². The van der Waals surface area contributed by atoms with Crippen LogP contribution < -0.4 is 0 Å². The Hall–Kier alpha value is -0.800. The fourth-order valence-electron chi connectivity index (χ4n) is 1.44. The minimum Gasteiger partial charge on any atom is -0.337 e. The van der Waals surface area contributed by atoms with Gasteiger partial charge in [-0.3, -0.25) is 9.18 Å². The van der Waals surface area contributed by atoms with Gasteiger partial charge in [-0.1, -0.05) is 23.7 Å². The van der Waals surface area contributed by atoms with Gasteiger partial charge in [0, 0.05) is 18.1 Å². The van der Waals surface area contributed by atoms with Gasteiger partial charge in [-0.15, -0.1) is 11.6 Å². The van der Waals surface area contributed by atoms with Crippen LogP contribution in [0.25, 0.3) is 0 Å². The molecule has 17 heavy (non-hydrogen) atoms. The monoisotopic (exact) mass is 277 g/mol. The molecule has 1 amide bonds. The van der Waals surface area contributed by atoms with Crippen molar-refractivity contribution in [2.45, 2.75) is 13.0 Å². The summed E-state index contributed by atoms with van der Waals surface area (Å²) in [4.78, 5) is 13.1. The van der Waals surface area contributed by atoms with Crippen molar-refractivity contribution in [2.75, 3.05) is 19.1 Å². The molecule has 0 aliphatic rings. The molecule has 0 spiro atoms. The highest BCUT2D eigenvalue weighted by Gasteiger charge is 2.12. The summed E-state index contributed by atoms with van der Waals surface area (Å²) in [6.45, 7) is 0.375. The van der Waals surface area contributed by atoms with E-state index in [1.54, 1.807) is 17.0 Å². The van der Waals surface area contributed by atoms with Crippen LogP contribution in [0.5, 0.6) is 0 Å². The molecule has 0 N–H and O–H groups in total. The zero-order chi connectivity index (χ0) is 12.7. The molecule has 1 rings (SSSR count). The van der Waals surface area contributed by atoms with E-state index < -0.39 is 6.67 Å². The number of carbonyl (C=O) groups excluding carboxylic acids is 1. The van der Waals surface area contributed by atoms with Crippen LogP contribution >= 0.6 is 23.2 Å². The first kappa shape index (κ1) is 14.3. The second kappa shape index (κ2) is 7.51.